The van der Waals surface area contributed by atoms with Crippen molar-refractivity contribution in [1.29, 1.82) is 5.26 Å². The van der Waals surface area contributed by atoms with E-state index in [1.165, 1.54) is 12.1 Å². The van der Waals surface area contributed by atoms with Crippen LogP contribution >= 0.6 is 0 Å². The summed E-state index contributed by atoms with van der Waals surface area (Å²) in [5.41, 5.74) is 9.13. The molecule has 0 spiro atoms. The molecule has 2 aromatic carbocycles. The lowest BCUT2D eigenvalue weighted by Crippen LogP contribution is -2.21. The zero-order chi connectivity index (χ0) is 19.0. The van der Waals surface area contributed by atoms with Gasteiger partial charge in [0, 0.05) is 5.56 Å². The van der Waals surface area contributed by atoms with Crippen LogP contribution in [0, 0.1) is 17.1 Å². The van der Waals surface area contributed by atoms with Crippen LogP contribution in [0.3, 0.4) is 0 Å². The molecule has 0 saturated carbocycles. The summed E-state index contributed by atoms with van der Waals surface area (Å²) >= 11 is 0. The number of nitriles is 1. The fraction of sp³-hybridized carbons (Fsp3) is 0.100. The number of allylic oxidation sites excluding steroid dienone is 1. The van der Waals surface area contributed by atoms with Crippen LogP contribution in [0.5, 0.6) is 11.6 Å². The number of nitrogens with zero attached hydrogens (tertiary/aromatic N) is 2. The molecule has 7 heteroatoms. The molecule has 6 nitrogen and oxygen atoms in total. The topological polar surface area (TPSA) is 97.0 Å². The number of fused-ring (bicyclic) bond motifs is 1. The molecule has 1 aliphatic heterocycles. The SMILES string of the molecule is COc1ccc(-c2[nH]nc3c2C(c2ccc(F)cc2)C(C#N)=C(N)O3)cc1. The van der Waals surface area contributed by atoms with E-state index in [1.807, 2.05) is 24.3 Å². The first kappa shape index (κ1) is 16.7. The highest BCUT2D eigenvalue weighted by Crippen LogP contribution is 2.45. The van der Waals surface area contributed by atoms with Crippen LogP contribution in [-0.2, 0) is 0 Å². The number of nitrogens with one attached hydrogen (secondary N) is 1. The number of aromatic nitrogens is 2. The maximum atomic E-state index is 13.4. The highest BCUT2D eigenvalue weighted by Gasteiger charge is 2.35. The van der Waals surface area contributed by atoms with Gasteiger partial charge in [-0.2, -0.15) is 5.26 Å². The number of aromatic amines is 1. The maximum Gasteiger partial charge on any atom is 0.244 e. The molecule has 1 atom stereocenters. The van der Waals surface area contributed by atoms with Crippen LogP contribution in [0.25, 0.3) is 11.3 Å². The summed E-state index contributed by atoms with van der Waals surface area (Å²) in [6.45, 7) is 0. The van der Waals surface area contributed by atoms with E-state index >= 15 is 0 Å². The van der Waals surface area contributed by atoms with Crippen LogP contribution in [-0.4, -0.2) is 17.3 Å². The number of hydrogen-bond acceptors (Lipinski definition) is 5. The summed E-state index contributed by atoms with van der Waals surface area (Å²) in [6, 6.07) is 15.5. The smallest absolute Gasteiger partial charge is 0.244 e. The zero-order valence-electron chi connectivity index (χ0n) is 14.4. The van der Waals surface area contributed by atoms with Crippen molar-refractivity contribution in [2.24, 2.45) is 5.73 Å². The molecule has 0 amide bonds. The third-order valence-corrected chi connectivity index (χ3v) is 4.52. The Bertz CT molecular complexity index is 1060. The molecule has 0 saturated heterocycles. The lowest BCUT2D eigenvalue weighted by atomic mass is 9.83. The van der Waals surface area contributed by atoms with Gasteiger partial charge in [-0.05, 0) is 42.0 Å². The summed E-state index contributed by atoms with van der Waals surface area (Å²) in [7, 11) is 1.60. The minimum atomic E-state index is -0.518. The second-order valence-corrected chi connectivity index (χ2v) is 6.02. The minimum Gasteiger partial charge on any atom is -0.497 e. The number of rotatable bonds is 3. The van der Waals surface area contributed by atoms with Crippen molar-refractivity contribution in [2.75, 3.05) is 7.11 Å². The first-order valence-electron chi connectivity index (χ1n) is 8.18. The van der Waals surface area contributed by atoms with Gasteiger partial charge in [0.25, 0.3) is 0 Å². The molecule has 3 aromatic rings. The minimum absolute atomic E-state index is 0.00731. The molecule has 134 valence electrons. The van der Waals surface area contributed by atoms with E-state index < -0.39 is 5.92 Å². The van der Waals surface area contributed by atoms with Crippen molar-refractivity contribution < 1.29 is 13.9 Å². The van der Waals surface area contributed by atoms with Crippen molar-refractivity contribution in [3.8, 4) is 29.0 Å². The average molecular weight is 362 g/mol. The van der Waals surface area contributed by atoms with Gasteiger partial charge in [-0.1, -0.05) is 12.1 Å². The summed E-state index contributed by atoms with van der Waals surface area (Å²) in [4.78, 5) is 0. The molecule has 0 bridgehead atoms. The van der Waals surface area contributed by atoms with Gasteiger partial charge in [-0.3, -0.25) is 5.10 Å². The Kier molecular flexibility index (Phi) is 4.01. The van der Waals surface area contributed by atoms with Crippen molar-refractivity contribution in [3.05, 3.63) is 76.9 Å². The van der Waals surface area contributed by atoms with Gasteiger partial charge >= 0.3 is 0 Å². The summed E-state index contributed by atoms with van der Waals surface area (Å²) in [6.07, 6.45) is 0. The molecule has 0 fully saturated rings. The molecule has 3 N–H and O–H groups in total. The van der Waals surface area contributed by atoms with Crippen molar-refractivity contribution in [2.45, 2.75) is 5.92 Å². The quantitative estimate of drug-likeness (QED) is 0.744. The van der Waals surface area contributed by atoms with E-state index in [0.717, 1.165) is 16.9 Å². The van der Waals surface area contributed by atoms with E-state index in [2.05, 4.69) is 16.3 Å². The van der Waals surface area contributed by atoms with Crippen LogP contribution < -0.4 is 15.2 Å². The van der Waals surface area contributed by atoms with Gasteiger partial charge in [0.05, 0.1) is 24.3 Å². The molecule has 0 radical (unpaired) electrons. The van der Waals surface area contributed by atoms with Crippen LogP contribution in [0.1, 0.15) is 17.0 Å². The summed E-state index contributed by atoms with van der Waals surface area (Å²) < 4.78 is 24.2. The Morgan fingerprint density at radius 3 is 2.52 bits per heavy atom. The summed E-state index contributed by atoms with van der Waals surface area (Å²) in [5.74, 6) is 0.137. The number of benzene rings is 2. The predicted octanol–water partition coefficient (Wildman–Crippen LogP) is 3.44. The lowest BCUT2D eigenvalue weighted by Gasteiger charge is -2.24. The maximum absolute atomic E-state index is 13.4. The molecular formula is C20H15FN4O2. The number of methoxy groups -OCH3 is 1. The first-order chi connectivity index (χ1) is 13.1. The molecule has 2 heterocycles. The lowest BCUT2D eigenvalue weighted by molar-refractivity contribution is 0.379. The van der Waals surface area contributed by atoms with Crippen LogP contribution in [0.15, 0.2) is 60.0 Å². The highest BCUT2D eigenvalue weighted by atomic mass is 19.1. The van der Waals surface area contributed by atoms with Crippen molar-refractivity contribution in [1.82, 2.24) is 10.2 Å². The third kappa shape index (κ3) is 2.77. The first-order valence-corrected chi connectivity index (χ1v) is 8.18. The van der Waals surface area contributed by atoms with E-state index in [9.17, 15) is 9.65 Å². The molecule has 4 rings (SSSR count). The number of halogens is 1. The van der Waals surface area contributed by atoms with Crippen LogP contribution in [0.2, 0.25) is 0 Å². The van der Waals surface area contributed by atoms with Gasteiger partial charge in [0.1, 0.15) is 23.2 Å². The number of hydrogen-bond donors (Lipinski definition) is 2. The number of H-pyrrole nitrogens is 1. The van der Waals surface area contributed by atoms with Crippen molar-refractivity contribution >= 4 is 0 Å². The van der Waals surface area contributed by atoms with Gasteiger partial charge in [-0.15, -0.1) is 5.10 Å². The van der Waals surface area contributed by atoms with Gasteiger partial charge in [0.15, 0.2) is 0 Å². The second kappa shape index (κ2) is 6.50. The molecule has 1 aromatic heterocycles. The van der Waals surface area contributed by atoms with E-state index in [4.69, 9.17) is 15.2 Å². The fourth-order valence-corrected chi connectivity index (χ4v) is 3.21. The Balaban J connectivity index is 1.90. The zero-order valence-corrected chi connectivity index (χ0v) is 14.4. The largest absolute Gasteiger partial charge is 0.497 e. The third-order valence-electron chi connectivity index (χ3n) is 4.52. The van der Waals surface area contributed by atoms with Gasteiger partial charge in [0.2, 0.25) is 11.8 Å². The van der Waals surface area contributed by atoms with E-state index in [0.29, 0.717) is 17.1 Å². The second-order valence-electron chi connectivity index (χ2n) is 6.02. The molecular weight excluding hydrogens is 347 g/mol. The number of nitrogens with two attached hydrogens (primary N) is 1. The average Bonchev–Trinajstić information content (AvgIpc) is 3.11. The molecule has 27 heavy (non-hydrogen) atoms. The highest BCUT2D eigenvalue weighted by molar-refractivity contribution is 5.71. The fourth-order valence-electron chi connectivity index (χ4n) is 3.21. The standard InChI is InChI=1S/C20H15FN4O2/c1-26-14-8-4-12(5-9-14)18-17-16(11-2-6-13(21)7-3-11)15(10-22)19(23)27-20(17)25-24-18/h2-9,16H,23H2,1H3,(H,24,25). The van der Waals surface area contributed by atoms with Gasteiger partial charge in [-0.25, -0.2) is 4.39 Å². The Hall–Kier alpha value is -3.79. The van der Waals surface area contributed by atoms with Gasteiger partial charge < -0.3 is 15.2 Å². The number of ether oxygens (including phenoxy) is 2. The van der Waals surface area contributed by atoms with E-state index in [-0.39, 0.29) is 17.3 Å². The summed E-state index contributed by atoms with van der Waals surface area (Å²) in [5, 5.41) is 16.8. The Morgan fingerprint density at radius 2 is 1.89 bits per heavy atom. The molecule has 1 unspecified atom stereocenters. The van der Waals surface area contributed by atoms with E-state index in [1.54, 1.807) is 19.2 Å². The Morgan fingerprint density at radius 1 is 1.19 bits per heavy atom. The van der Waals surface area contributed by atoms with Crippen molar-refractivity contribution in [3.63, 3.8) is 0 Å². The Labute approximate surface area is 154 Å². The normalized spacial score (nSPS) is 15.7. The predicted molar refractivity (Wildman–Crippen MR) is 96.3 cm³/mol. The molecule has 1 aliphatic rings. The monoisotopic (exact) mass is 362 g/mol. The molecule has 0 aliphatic carbocycles. The van der Waals surface area contributed by atoms with Crippen LogP contribution in [0.4, 0.5) is 4.39 Å².